The number of alkyl halides is 4. The topological polar surface area (TPSA) is 17.1 Å². The van der Waals surface area contributed by atoms with Crippen molar-refractivity contribution in [2.45, 2.75) is 40.2 Å². The molecule has 0 aliphatic heterocycles. The van der Waals surface area contributed by atoms with Crippen molar-refractivity contribution >= 4 is 69.5 Å². The molecule has 0 aromatic carbocycles. The molecule has 0 bridgehead atoms. The molecule has 0 saturated heterocycles. The number of carbonyl (C=O) groups excluding carboxylic acids is 1. The Hall–Kier alpha value is 1.59. The molecule has 1 aliphatic rings. The first-order chi connectivity index (χ1) is 6.71. The van der Waals surface area contributed by atoms with E-state index in [1.54, 1.807) is 0 Å². The van der Waals surface area contributed by atoms with E-state index >= 15 is 0 Å². The van der Waals surface area contributed by atoms with Crippen molar-refractivity contribution in [2.75, 3.05) is 5.33 Å². The van der Waals surface area contributed by atoms with Gasteiger partial charge in [0.1, 0.15) is 0 Å². The van der Waals surface area contributed by atoms with Crippen molar-refractivity contribution in [1.29, 1.82) is 0 Å². The minimum Gasteiger partial charge on any atom is -0.298 e. The normalized spacial score (nSPS) is 41.3. The number of hydrogen-bond donors (Lipinski definition) is 0. The van der Waals surface area contributed by atoms with Gasteiger partial charge in [-0.25, -0.2) is 0 Å². The molecule has 0 unspecified atom stereocenters. The molecule has 0 spiro atoms. The number of hydrogen-bond acceptors (Lipinski definition) is 1. The Bertz CT molecular complexity index is 262. The predicted octanol–water partition coefficient (Wildman–Crippen LogP) is 4.43. The van der Waals surface area contributed by atoms with E-state index < -0.39 is 4.32 Å². The lowest BCUT2D eigenvalue weighted by Crippen LogP contribution is -2.48. The van der Waals surface area contributed by atoms with Gasteiger partial charge in [-0.3, -0.25) is 4.79 Å². The van der Waals surface area contributed by atoms with Gasteiger partial charge in [0.05, 0.1) is 4.32 Å². The number of rotatable bonds is 2. The Kier molecular flexibility index (Phi) is 4.95. The van der Waals surface area contributed by atoms with Gasteiger partial charge in [0.25, 0.3) is 0 Å². The van der Waals surface area contributed by atoms with Crippen LogP contribution in [0, 0.1) is 5.92 Å². The summed E-state index contributed by atoms with van der Waals surface area (Å²) in [6.07, 6.45) is 1.64. The summed E-state index contributed by atoms with van der Waals surface area (Å²) < 4.78 is -0.406. The molecule has 0 heterocycles. The van der Waals surface area contributed by atoms with Crippen LogP contribution in [0.15, 0.2) is 0 Å². The maximum absolute atomic E-state index is 12.0. The van der Waals surface area contributed by atoms with Crippen LogP contribution >= 0.6 is 63.7 Å². The summed E-state index contributed by atoms with van der Waals surface area (Å²) in [4.78, 5) is 12.2. The average molecular weight is 470 g/mol. The molecule has 0 amide bonds. The molecule has 1 fully saturated rings. The fourth-order valence-corrected chi connectivity index (χ4v) is 3.58. The summed E-state index contributed by atoms with van der Waals surface area (Å²) in [5.41, 5.74) is 0. The molecule has 88 valence electrons. The summed E-state index contributed by atoms with van der Waals surface area (Å²) in [7, 11) is 0. The van der Waals surface area contributed by atoms with E-state index in [1.165, 1.54) is 0 Å². The molecular formula is C10H14Br4O. The summed E-state index contributed by atoms with van der Waals surface area (Å²) in [6.45, 7) is 4.08. The molecule has 1 saturated carbocycles. The van der Waals surface area contributed by atoms with E-state index in [4.69, 9.17) is 0 Å². The lowest BCUT2D eigenvalue weighted by Gasteiger charge is -2.41. The van der Waals surface area contributed by atoms with Gasteiger partial charge in [-0.1, -0.05) is 63.7 Å². The maximum Gasteiger partial charge on any atom is 0.150 e. The second kappa shape index (κ2) is 5.07. The Morgan fingerprint density at radius 3 is 2.53 bits per heavy atom. The third kappa shape index (κ3) is 3.08. The number of carbonyl (C=O) groups is 1. The van der Waals surface area contributed by atoms with Gasteiger partial charge in [0, 0.05) is 20.9 Å². The molecular weight excluding hydrogens is 456 g/mol. The Balaban J connectivity index is 2.82. The van der Waals surface area contributed by atoms with Crippen molar-refractivity contribution < 1.29 is 4.79 Å². The zero-order chi connectivity index (χ0) is 11.9. The van der Waals surface area contributed by atoms with E-state index in [1.807, 2.05) is 6.92 Å². The highest BCUT2D eigenvalue weighted by Gasteiger charge is 2.47. The molecule has 4 atom stereocenters. The summed E-state index contributed by atoms with van der Waals surface area (Å²) in [5, 5.41) is 0.858. The van der Waals surface area contributed by atoms with Gasteiger partial charge in [-0.05, 0) is 26.2 Å². The van der Waals surface area contributed by atoms with Crippen molar-refractivity contribution in [3.63, 3.8) is 0 Å². The molecule has 1 nitrogen and oxygen atoms in total. The van der Waals surface area contributed by atoms with E-state index in [-0.39, 0.29) is 14.9 Å². The molecule has 0 radical (unpaired) electrons. The number of halogens is 4. The largest absolute Gasteiger partial charge is 0.298 e. The van der Waals surface area contributed by atoms with Gasteiger partial charge >= 0.3 is 0 Å². The van der Waals surface area contributed by atoms with Crippen molar-refractivity contribution in [3.05, 3.63) is 0 Å². The fraction of sp³-hybridized carbons (Fsp3) is 0.900. The quantitative estimate of drug-likeness (QED) is 0.547. The van der Waals surface area contributed by atoms with Gasteiger partial charge < -0.3 is 0 Å². The van der Waals surface area contributed by atoms with E-state index in [9.17, 15) is 4.79 Å². The van der Waals surface area contributed by atoms with Gasteiger partial charge in [0.2, 0.25) is 0 Å². The smallest absolute Gasteiger partial charge is 0.150 e. The minimum absolute atomic E-state index is 0.00181. The van der Waals surface area contributed by atoms with Crippen LogP contribution in [0.4, 0.5) is 0 Å². The van der Waals surface area contributed by atoms with Gasteiger partial charge in [0.15, 0.2) is 5.78 Å². The van der Waals surface area contributed by atoms with Crippen molar-refractivity contribution in [2.24, 2.45) is 5.92 Å². The summed E-state index contributed by atoms with van der Waals surface area (Å²) in [5.74, 6) is 0.659. The lowest BCUT2D eigenvalue weighted by atomic mass is 9.76. The Labute approximate surface area is 125 Å². The molecule has 15 heavy (non-hydrogen) atoms. The van der Waals surface area contributed by atoms with Crippen LogP contribution in [0.2, 0.25) is 0 Å². The van der Waals surface area contributed by atoms with Crippen LogP contribution < -0.4 is 0 Å². The summed E-state index contributed by atoms with van der Waals surface area (Å²) >= 11 is 14.3. The highest BCUT2D eigenvalue weighted by Crippen LogP contribution is 2.46. The monoisotopic (exact) mass is 466 g/mol. The first-order valence-corrected chi connectivity index (χ1v) is 8.45. The molecule has 5 heteroatoms. The first-order valence-electron chi connectivity index (χ1n) is 4.83. The summed E-state index contributed by atoms with van der Waals surface area (Å²) in [6, 6.07) is 0. The van der Waals surface area contributed by atoms with Crippen LogP contribution in [-0.4, -0.2) is 24.6 Å². The average Bonchev–Trinajstić information content (AvgIpc) is 2.14. The standard InChI is InChI=1S/C10H14Br4O/c1-9(13,5-11)6-3-7(12)10(2,14)8(15)4-6/h6-7H,3-5H2,1-2H3/t6-,7+,9-,10+/m1/s1. The Morgan fingerprint density at radius 2 is 2.13 bits per heavy atom. The Morgan fingerprint density at radius 1 is 1.60 bits per heavy atom. The fourth-order valence-electron chi connectivity index (χ4n) is 1.72. The first kappa shape index (κ1) is 14.7. The molecule has 0 aromatic rings. The third-order valence-corrected chi connectivity index (χ3v) is 8.91. The van der Waals surface area contributed by atoms with Crippen molar-refractivity contribution in [1.82, 2.24) is 0 Å². The third-order valence-electron chi connectivity index (χ3n) is 3.17. The van der Waals surface area contributed by atoms with Gasteiger partial charge in [-0.15, -0.1) is 0 Å². The maximum atomic E-state index is 12.0. The van der Waals surface area contributed by atoms with E-state index in [2.05, 4.69) is 70.6 Å². The number of ketones is 1. The van der Waals surface area contributed by atoms with Crippen LogP contribution in [0.3, 0.4) is 0 Å². The van der Waals surface area contributed by atoms with Crippen LogP contribution in [0.5, 0.6) is 0 Å². The molecule has 0 aromatic heterocycles. The predicted molar refractivity (Wildman–Crippen MR) is 78.9 cm³/mol. The second-order valence-electron chi connectivity index (χ2n) is 4.51. The lowest BCUT2D eigenvalue weighted by molar-refractivity contribution is -0.123. The van der Waals surface area contributed by atoms with Gasteiger partial charge in [-0.2, -0.15) is 0 Å². The molecule has 0 N–H and O–H groups in total. The van der Waals surface area contributed by atoms with E-state index in [0.717, 1.165) is 11.8 Å². The van der Waals surface area contributed by atoms with E-state index in [0.29, 0.717) is 12.3 Å². The second-order valence-corrected chi connectivity index (χ2v) is 9.64. The number of Topliss-reactive ketones (excluding diaryl/α,β-unsaturated/α-hetero) is 1. The SMILES string of the molecule is C[C@@](Br)(CBr)[C@H]1CC(=O)[C@@](C)(Br)[C@@H](Br)C1. The van der Waals surface area contributed by atoms with Crippen LogP contribution in [0.25, 0.3) is 0 Å². The van der Waals surface area contributed by atoms with Crippen molar-refractivity contribution in [3.8, 4) is 0 Å². The van der Waals surface area contributed by atoms with Crippen LogP contribution in [0.1, 0.15) is 26.7 Å². The highest BCUT2D eigenvalue weighted by molar-refractivity contribution is 9.13. The van der Waals surface area contributed by atoms with Crippen LogP contribution in [-0.2, 0) is 4.79 Å². The zero-order valence-corrected chi connectivity index (χ0v) is 15.0. The minimum atomic E-state index is -0.404. The highest BCUT2D eigenvalue weighted by atomic mass is 79.9. The molecule has 1 aliphatic carbocycles. The molecule has 1 rings (SSSR count). The zero-order valence-electron chi connectivity index (χ0n) is 8.70.